The lowest BCUT2D eigenvalue weighted by molar-refractivity contribution is -0.121. The van der Waals surface area contributed by atoms with Crippen molar-refractivity contribution in [3.05, 3.63) is 41.1 Å². The van der Waals surface area contributed by atoms with Gasteiger partial charge in [0.25, 0.3) is 5.91 Å². The molecule has 0 fully saturated rings. The molecule has 0 aliphatic rings. The minimum absolute atomic E-state index is 0.00122. The third-order valence-corrected chi connectivity index (χ3v) is 4.99. The number of carbonyl (C=O) groups is 3. The number of ether oxygens (including phenoxy) is 1. The highest BCUT2D eigenvalue weighted by Gasteiger charge is 2.23. The number of benzene rings is 1. The zero-order chi connectivity index (χ0) is 24.6. The van der Waals surface area contributed by atoms with Crippen molar-refractivity contribution in [1.29, 1.82) is 0 Å². The van der Waals surface area contributed by atoms with Crippen LogP contribution in [0.3, 0.4) is 0 Å². The fourth-order valence-electron chi connectivity index (χ4n) is 2.22. The smallest absolute Gasteiger partial charge is 0.410 e. The largest absolute Gasteiger partial charge is 0.447 e. The Labute approximate surface area is 192 Å². The molecule has 3 amide bonds. The molecule has 0 unspecified atom stereocenters. The second-order valence-electron chi connectivity index (χ2n) is 6.91. The minimum Gasteiger partial charge on any atom is -0.410 e. The van der Waals surface area contributed by atoms with Gasteiger partial charge in [0.05, 0.1) is 24.9 Å². The van der Waals surface area contributed by atoms with E-state index < -0.39 is 18.1 Å². The molecule has 0 atom stereocenters. The van der Waals surface area contributed by atoms with Crippen LogP contribution in [0, 0.1) is 20.8 Å². The quantitative estimate of drug-likeness (QED) is 0.269. The summed E-state index contributed by atoms with van der Waals surface area (Å²) in [5.41, 5.74) is 5.21. The van der Waals surface area contributed by atoms with E-state index in [4.69, 9.17) is 14.4 Å². The zero-order valence-corrected chi connectivity index (χ0v) is 20.3. The number of nitrogens with zero attached hydrogens (tertiary/aromatic N) is 4. The van der Waals surface area contributed by atoms with Gasteiger partial charge in [0.2, 0.25) is 0 Å². The van der Waals surface area contributed by atoms with Crippen LogP contribution in [0.2, 0.25) is 0 Å². The summed E-state index contributed by atoms with van der Waals surface area (Å²) in [4.78, 5) is 47.6. The van der Waals surface area contributed by atoms with Gasteiger partial charge in [-0.1, -0.05) is 11.7 Å². The number of amides is 3. The minimum atomic E-state index is -0.939. The van der Waals surface area contributed by atoms with Crippen molar-refractivity contribution in [3.8, 4) is 5.75 Å². The Morgan fingerprint density at radius 1 is 1.00 bits per heavy atom. The summed E-state index contributed by atoms with van der Waals surface area (Å²) in [6.07, 6.45) is -1.63. The van der Waals surface area contributed by atoms with E-state index in [2.05, 4.69) is 17.2 Å². The van der Waals surface area contributed by atoms with Crippen molar-refractivity contribution in [1.82, 2.24) is 19.0 Å². The van der Waals surface area contributed by atoms with Crippen LogP contribution in [-0.4, -0.2) is 72.6 Å². The van der Waals surface area contributed by atoms with E-state index in [1.807, 2.05) is 20.8 Å². The molecule has 176 valence electrons. The van der Waals surface area contributed by atoms with Gasteiger partial charge in [0, 0.05) is 28.2 Å². The van der Waals surface area contributed by atoms with Gasteiger partial charge in [0.1, 0.15) is 5.75 Å². The SMILES string of the molecule is C=C(NOC)C(=NOC(=O)N(C)SN(C)C(=O)Oc1cc(C)c(C)c(C)c1)C(=O)N(C)C. The molecule has 1 N–H and O–H groups in total. The third kappa shape index (κ3) is 7.46. The Morgan fingerprint density at radius 2 is 1.53 bits per heavy atom. The van der Waals surface area contributed by atoms with E-state index in [-0.39, 0.29) is 11.4 Å². The second-order valence-corrected chi connectivity index (χ2v) is 8.17. The molecule has 1 rings (SSSR count). The molecule has 0 aliphatic carbocycles. The first-order chi connectivity index (χ1) is 14.9. The average molecular weight is 468 g/mol. The predicted octanol–water partition coefficient (Wildman–Crippen LogP) is 2.78. The van der Waals surface area contributed by atoms with Crippen molar-refractivity contribution >= 4 is 35.9 Å². The molecular formula is C20H29N5O6S. The van der Waals surface area contributed by atoms with Crippen LogP contribution in [0.25, 0.3) is 0 Å². The molecule has 32 heavy (non-hydrogen) atoms. The molecule has 1 aromatic rings. The Hall–Kier alpha value is -3.25. The number of nitrogens with one attached hydrogen (secondary N) is 1. The van der Waals surface area contributed by atoms with Crippen molar-refractivity contribution in [2.45, 2.75) is 20.8 Å². The number of hydroxylamine groups is 1. The van der Waals surface area contributed by atoms with Crippen LogP contribution in [0.1, 0.15) is 16.7 Å². The fourth-order valence-corrected chi connectivity index (χ4v) is 2.79. The highest BCUT2D eigenvalue weighted by molar-refractivity contribution is 7.95. The van der Waals surface area contributed by atoms with E-state index in [0.29, 0.717) is 5.75 Å². The van der Waals surface area contributed by atoms with Crippen LogP contribution in [-0.2, 0) is 14.5 Å². The first-order valence-electron chi connectivity index (χ1n) is 9.33. The molecule has 12 heteroatoms. The molecule has 0 bridgehead atoms. The summed E-state index contributed by atoms with van der Waals surface area (Å²) in [5, 5.41) is 3.58. The first kappa shape index (κ1) is 26.8. The van der Waals surface area contributed by atoms with Gasteiger partial charge in [-0.15, -0.1) is 0 Å². The monoisotopic (exact) mass is 467 g/mol. The van der Waals surface area contributed by atoms with E-state index in [0.717, 1.165) is 37.4 Å². The van der Waals surface area contributed by atoms with Crippen LogP contribution >= 0.6 is 12.1 Å². The molecule has 11 nitrogen and oxygen atoms in total. The molecule has 1 aromatic carbocycles. The zero-order valence-electron chi connectivity index (χ0n) is 19.5. The Balaban J connectivity index is 2.78. The summed E-state index contributed by atoms with van der Waals surface area (Å²) in [6, 6.07) is 3.52. The summed E-state index contributed by atoms with van der Waals surface area (Å²) in [6.45, 7) is 9.44. The predicted molar refractivity (Wildman–Crippen MR) is 122 cm³/mol. The number of carbonyl (C=O) groups excluding carboxylic acids is 3. The second kappa shape index (κ2) is 12.0. The molecule has 0 saturated heterocycles. The van der Waals surface area contributed by atoms with Gasteiger partial charge in [-0.2, -0.15) is 0 Å². The number of rotatable bonds is 8. The van der Waals surface area contributed by atoms with Crippen LogP contribution in [0.4, 0.5) is 9.59 Å². The maximum Gasteiger partial charge on any atom is 0.447 e. The highest BCUT2D eigenvalue weighted by atomic mass is 32.2. The first-order valence-corrected chi connectivity index (χ1v) is 10.1. The molecule has 0 spiro atoms. The Bertz CT molecular complexity index is 895. The van der Waals surface area contributed by atoms with Crippen molar-refractivity contribution < 1.29 is 28.8 Å². The summed E-state index contributed by atoms with van der Waals surface area (Å²) >= 11 is 0.722. The van der Waals surface area contributed by atoms with Crippen LogP contribution < -0.4 is 10.2 Å². The number of aryl methyl sites for hydroxylation is 2. The lowest BCUT2D eigenvalue weighted by Crippen LogP contribution is -2.35. The number of oxime groups is 1. The van der Waals surface area contributed by atoms with Crippen LogP contribution in [0.5, 0.6) is 5.75 Å². The summed E-state index contributed by atoms with van der Waals surface area (Å²) in [5.74, 6) is -0.166. The van der Waals surface area contributed by atoms with Gasteiger partial charge >= 0.3 is 12.2 Å². The molecule has 0 saturated carbocycles. The molecular weight excluding hydrogens is 438 g/mol. The van der Waals surface area contributed by atoms with Crippen LogP contribution in [0.15, 0.2) is 29.6 Å². The average Bonchev–Trinajstić information content (AvgIpc) is 2.71. The maximum absolute atomic E-state index is 12.4. The molecule has 0 heterocycles. The Morgan fingerprint density at radius 3 is 2.03 bits per heavy atom. The molecule has 0 aromatic heterocycles. The fraction of sp³-hybridized carbons (Fsp3) is 0.400. The van der Waals surface area contributed by atoms with E-state index in [1.165, 1.54) is 40.2 Å². The lowest BCUT2D eigenvalue weighted by Gasteiger charge is -2.21. The summed E-state index contributed by atoms with van der Waals surface area (Å²) < 4.78 is 7.47. The van der Waals surface area contributed by atoms with E-state index >= 15 is 0 Å². The molecule has 0 aliphatic heterocycles. The number of hydrogen-bond acceptors (Lipinski definition) is 9. The van der Waals surface area contributed by atoms with Gasteiger partial charge in [-0.25, -0.2) is 18.2 Å². The number of hydrogen-bond donors (Lipinski definition) is 1. The van der Waals surface area contributed by atoms with Crippen molar-refractivity contribution in [2.24, 2.45) is 5.16 Å². The van der Waals surface area contributed by atoms with Gasteiger partial charge < -0.3 is 9.64 Å². The molecule has 0 radical (unpaired) electrons. The van der Waals surface area contributed by atoms with E-state index in [1.54, 1.807) is 12.1 Å². The van der Waals surface area contributed by atoms with Gasteiger partial charge in [0.15, 0.2) is 5.71 Å². The summed E-state index contributed by atoms with van der Waals surface area (Å²) in [7, 11) is 7.12. The standard InChI is InChI=1S/C20H29N5O6S/c1-12-10-16(11-13(2)14(12)3)30-19(27)24(7)32-25(8)20(28)31-22-17(15(4)21-29-9)18(26)23(5)6/h10-11,21H,4H2,1-3,5-9H3. The topological polar surface area (TPSA) is 113 Å². The van der Waals surface area contributed by atoms with E-state index in [9.17, 15) is 14.4 Å². The maximum atomic E-state index is 12.4. The normalized spacial score (nSPS) is 10.8. The van der Waals surface area contributed by atoms with Gasteiger partial charge in [-0.05, 0) is 49.6 Å². The highest BCUT2D eigenvalue weighted by Crippen LogP contribution is 2.23. The third-order valence-electron chi connectivity index (χ3n) is 4.20. The van der Waals surface area contributed by atoms with Crippen molar-refractivity contribution in [2.75, 3.05) is 35.3 Å². The van der Waals surface area contributed by atoms with Crippen molar-refractivity contribution in [3.63, 3.8) is 0 Å². The lowest BCUT2D eigenvalue weighted by atomic mass is 10.0. The van der Waals surface area contributed by atoms with Gasteiger partial charge in [-0.3, -0.25) is 19.9 Å². The Kier molecular flexibility index (Phi) is 10.0.